The van der Waals surface area contributed by atoms with Gasteiger partial charge in [-0.3, -0.25) is 0 Å². The summed E-state index contributed by atoms with van der Waals surface area (Å²) in [5, 5.41) is 3.65. The van der Waals surface area contributed by atoms with E-state index >= 15 is 0 Å². The monoisotopic (exact) mass is 233 g/mol. The fraction of sp³-hybridized carbons (Fsp3) is 0.625. The maximum Gasteiger partial charge on any atom is 0.0292 e. The van der Waals surface area contributed by atoms with E-state index in [1.54, 1.807) is 0 Å². The van der Waals surface area contributed by atoms with Crippen LogP contribution in [0.1, 0.15) is 51.8 Å². The van der Waals surface area contributed by atoms with Crippen LogP contribution in [0.2, 0.25) is 0 Å². The van der Waals surface area contributed by atoms with Crippen LogP contribution in [0.15, 0.2) is 24.3 Å². The summed E-state index contributed by atoms with van der Waals surface area (Å²) >= 11 is 0. The Hall–Kier alpha value is -0.820. The number of aryl methyl sites for hydroxylation is 1. The van der Waals surface area contributed by atoms with Gasteiger partial charge in [-0.15, -0.1) is 0 Å². The lowest BCUT2D eigenvalue weighted by atomic mass is 9.81. The van der Waals surface area contributed by atoms with Gasteiger partial charge in [-0.05, 0) is 30.7 Å². The molecule has 96 valence electrons. The summed E-state index contributed by atoms with van der Waals surface area (Å²) in [6.07, 6.45) is 0. The maximum atomic E-state index is 3.65. The Kier molecular flexibility index (Phi) is 4.76. The van der Waals surface area contributed by atoms with Gasteiger partial charge in [0, 0.05) is 12.6 Å². The van der Waals surface area contributed by atoms with E-state index in [4.69, 9.17) is 0 Å². The summed E-state index contributed by atoms with van der Waals surface area (Å²) in [5.41, 5.74) is 3.06. The van der Waals surface area contributed by atoms with Crippen LogP contribution in [0.25, 0.3) is 0 Å². The minimum Gasteiger partial charge on any atom is -0.310 e. The molecule has 0 saturated carbocycles. The molecule has 0 fully saturated rings. The lowest BCUT2D eigenvalue weighted by Gasteiger charge is -2.31. The molecule has 0 heterocycles. The Bertz CT molecular complexity index is 352. The Morgan fingerprint density at radius 2 is 1.82 bits per heavy atom. The van der Waals surface area contributed by atoms with Crippen molar-refractivity contribution in [2.45, 2.75) is 47.6 Å². The first-order valence-electron chi connectivity index (χ1n) is 6.63. The van der Waals surface area contributed by atoms with Gasteiger partial charge in [-0.2, -0.15) is 0 Å². The van der Waals surface area contributed by atoms with Crippen molar-refractivity contribution >= 4 is 0 Å². The van der Waals surface area contributed by atoms with Gasteiger partial charge >= 0.3 is 0 Å². The molecule has 0 aliphatic heterocycles. The molecule has 1 N–H and O–H groups in total. The van der Waals surface area contributed by atoms with Crippen molar-refractivity contribution in [1.82, 2.24) is 5.32 Å². The lowest BCUT2D eigenvalue weighted by Crippen LogP contribution is -2.34. The highest BCUT2D eigenvalue weighted by atomic mass is 14.9. The smallest absolute Gasteiger partial charge is 0.0292 e. The van der Waals surface area contributed by atoms with E-state index in [0.29, 0.717) is 17.4 Å². The first-order valence-corrected chi connectivity index (χ1v) is 6.63. The van der Waals surface area contributed by atoms with Gasteiger partial charge in [-0.25, -0.2) is 0 Å². The average Bonchev–Trinajstić information content (AvgIpc) is 2.25. The zero-order valence-corrected chi connectivity index (χ0v) is 12.2. The van der Waals surface area contributed by atoms with Crippen LogP contribution in [0.3, 0.4) is 0 Å². The van der Waals surface area contributed by atoms with E-state index in [1.807, 2.05) is 0 Å². The number of hydrogen-bond acceptors (Lipinski definition) is 1. The quantitative estimate of drug-likeness (QED) is 0.798. The average molecular weight is 233 g/mol. The van der Waals surface area contributed by atoms with Gasteiger partial charge in [0.05, 0.1) is 0 Å². The SMILES string of the molecule is Cc1cccc(C(C)NCC(C)(C)C(C)C)c1. The second-order valence-corrected chi connectivity index (χ2v) is 6.16. The first-order chi connectivity index (χ1) is 7.83. The zero-order chi connectivity index (χ0) is 13.1. The van der Waals surface area contributed by atoms with Crippen molar-refractivity contribution in [2.75, 3.05) is 6.54 Å². The maximum absolute atomic E-state index is 3.65. The van der Waals surface area contributed by atoms with Crippen LogP contribution in [-0.4, -0.2) is 6.54 Å². The number of rotatable bonds is 5. The largest absolute Gasteiger partial charge is 0.310 e. The van der Waals surface area contributed by atoms with Gasteiger partial charge in [-0.1, -0.05) is 57.5 Å². The first kappa shape index (κ1) is 14.2. The van der Waals surface area contributed by atoms with E-state index in [2.05, 4.69) is 71.1 Å². The van der Waals surface area contributed by atoms with E-state index < -0.39 is 0 Å². The molecule has 0 saturated heterocycles. The highest BCUT2D eigenvalue weighted by Crippen LogP contribution is 2.26. The van der Waals surface area contributed by atoms with Crippen molar-refractivity contribution in [3.8, 4) is 0 Å². The molecule has 1 aromatic carbocycles. The molecule has 1 atom stereocenters. The van der Waals surface area contributed by atoms with E-state index in [0.717, 1.165) is 6.54 Å². The molecule has 0 radical (unpaired) electrons. The summed E-state index contributed by atoms with van der Waals surface area (Å²) in [5.74, 6) is 0.694. The molecule has 17 heavy (non-hydrogen) atoms. The fourth-order valence-corrected chi connectivity index (χ4v) is 1.68. The number of nitrogens with one attached hydrogen (secondary N) is 1. The predicted molar refractivity (Wildman–Crippen MR) is 76.2 cm³/mol. The van der Waals surface area contributed by atoms with Crippen LogP contribution in [0, 0.1) is 18.3 Å². The van der Waals surface area contributed by atoms with Crippen LogP contribution in [0.5, 0.6) is 0 Å². The molecule has 0 aromatic heterocycles. The molecular weight excluding hydrogens is 206 g/mol. The molecule has 1 rings (SSSR count). The summed E-state index contributed by atoms with van der Waals surface area (Å²) in [6.45, 7) is 14.7. The van der Waals surface area contributed by atoms with E-state index in [1.165, 1.54) is 11.1 Å². The summed E-state index contributed by atoms with van der Waals surface area (Å²) < 4.78 is 0. The third-order valence-corrected chi connectivity index (χ3v) is 3.97. The molecule has 1 aromatic rings. The van der Waals surface area contributed by atoms with Gasteiger partial charge in [0.2, 0.25) is 0 Å². The van der Waals surface area contributed by atoms with Crippen molar-refractivity contribution in [3.63, 3.8) is 0 Å². The van der Waals surface area contributed by atoms with Gasteiger partial charge in [0.15, 0.2) is 0 Å². The zero-order valence-electron chi connectivity index (χ0n) is 12.2. The standard InChI is InChI=1S/C16H27N/c1-12(2)16(5,6)11-17-14(4)15-9-7-8-13(3)10-15/h7-10,12,14,17H,11H2,1-6H3. The van der Waals surface area contributed by atoms with E-state index in [-0.39, 0.29) is 0 Å². The molecule has 0 aliphatic rings. The Morgan fingerprint density at radius 3 is 2.35 bits per heavy atom. The molecule has 1 unspecified atom stereocenters. The summed E-state index contributed by atoms with van der Waals surface area (Å²) in [7, 11) is 0. The highest BCUT2D eigenvalue weighted by Gasteiger charge is 2.22. The molecular formula is C16H27N. The molecule has 1 nitrogen and oxygen atoms in total. The summed E-state index contributed by atoms with van der Waals surface area (Å²) in [4.78, 5) is 0. The Balaban J connectivity index is 2.59. The second-order valence-electron chi connectivity index (χ2n) is 6.16. The number of hydrogen-bond donors (Lipinski definition) is 1. The normalized spacial score (nSPS) is 14.1. The van der Waals surface area contributed by atoms with Crippen LogP contribution in [-0.2, 0) is 0 Å². The predicted octanol–water partition coefficient (Wildman–Crippen LogP) is 4.33. The van der Waals surface area contributed by atoms with E-state index in [9.17, 15) is 0 Å². The highest BCUT2D eigenvalue weighted by molar-refractivity contribution is 5.24. The molecule has 0 bridgehead atoms. The second kappa shape index (κ2) is 5.68. The molecule has 0 spiro atoms. The minimum atomic E-state index is 0.345. The van der Waals surface area contributed by atoms with Crippen molar-refractivity contribution < 1.29 is 0 Å². The van der Waals surface area contributed by atoms with Gasteiger partial charge in [0.1, 0.15) is 0 Å². The third-order valence-electron chi connectivity index (χ3n) is 3.97. The Morgan fingerprint density at radius 1 is 1.18 bits per heavy atom. The molecule has 0 aliphatic carbocycles. The van der Waals surface area contributed by atoms with Gasteiger partial charge < -0.3 is 5.32 Å². The minimum absolute atomic E-state index is 0.345. The molecule has 0 amide bonds. The Labute approximate surface area is 107 Å². The lowest BCUT2D eigenvalue weighted by molar-refractivity contribution is 0.230. The van der Waals surface area contributed by atoms with Crippen molar-refractivity contribution in [2.24, 2.45) is 11.3 Å². The van der Waals surface area contributed by atoms with Gasteiger partial charge in [0.25, 0.3) is 0 Å². The third kappa shape index (κ3) is 4.16. The van der Waals surface area contributed by atoms with Crippen LogP contribution < -0.4 is 5.32 Å². The van der Waals surface area contributed by atoms with Crippen molar-refractivity contribution in [1.29, 1.82) is 0 Å². The topological polar surface area (TPSA) is 12.0 Å². The van der Waals surface area contributed by atoms with Crippen molar-refractivity contribution in [3.05, 3.63) is 35.4 Å². The molecule has 1 heteroatoms. The van der Waals surface area contributed by atoms with Crippen LogP contribution >= 0.6 is 0 Å². The van der Waals surface area contributed by atoms with Crippen LogP contribution in [0.4, 0.5) is 0 Å². The number of benzene rings is 1. The summed E-state index contributed by atoms with van der Waals surface area (Å²) in [6, 6.07) is 9.17. The fourth-order valence-electron chi connectivity index (χ4n) is 1.68.